The van der Waals surface area contributed by atoms with E-state index in [-0.39, 0.29) is 23.7 Å². The van der Waals surface area contributed by atoms with Crippen LogP contribution in [-0.2, 0) is 4.74 Å². The molecule has 5 rings (SSSR count). The third-order valence-corrected chi connectivity index (χ3v) is 5.31. The molecule has 0 amide bonds. The second-order valence-corrected chi connectivity index (χ2v) is 7.19. The van der Waals surface area contributed by atoms with E-state index in [1.54, 1.807) is 38.3 Å². The first kappa shape index (κ1) is 19.6. The Morgan fingerprint density at radius 2 is 1.81 bits per heavy atom. The first-order valence-electron chi connectivity index (χ1n) is 10.1. The molecule has 0 radical (unpaired) electrons. The van der Waals surface area contributed by atoms with Crippen molar-refractivity contribution in [2.45, 2.75) is 6.92 Å². The monoisotopic (exact) mass is 428 g/mol. The Morgan fingerprint density at radius 3 is 2.53 bits per heavy atom. The summed E-state index contributed by atoms with van der Waals surface area (Å²) in [7, 11) is 1.57. The van der Waals surface area contributed by atoms with E-state index in [1.807, 2.05) is 36.4 Å². The topological polar surface area (TPSA) is 97.7 Å². The summed E-state index contributed by atoms with van der Waals surface area (Å²) >= 11 is 0. The van der Waals surface area contributed by atoms with Gasteiger partial charge in [0.1, 0.15) is 17.1 Å². The molecule has 2 N–H and O–H groups in total. The van der Waals surface area contributed by atoms with E-state index in [1.165, 1.54) is 4.68 Å². The van der Waals surface area contributed by atoms with Crippen molar-refractivity contribution in [3.8, 4) is 11.4 Å². The number of nitrogens with one attached hydrogen (secondary N) is 2. The summed E-state index contributed by atoms with van der Waals surface area (Å²) in [6.45, 7) is 1.89. The van der Waals surface area contributed by atoms with Crippen LogP contribution >= 0.6 is 0 Å². The fourth-order valence-corrected chi connectivity index (χ4v) is 3.83. The molecule has 0 unspecified atom stereocenters. The maximum absolute atomic E-state index is 13.5. The first-order chi connectivity index (χ1) is 15.6. The van der Waals surface area contributed by atoms with E-state index < -0.39 is 11.5 Å². The number of amidine groups is 1. The van der Waals surface area contributed by atoms with Gasteiger partial charge in [-0.1, -0.05) is 24.3 Å². The van der Waals surface area contributed by atoms with E-state index in [0.717, 1.165) is 22.1 Å². The van der Waals surface area contributed by atoms with Gasteiger partial charge in [-0.05, 0) is 48.7 Å². The van der Waals surface area contributed by atoms with Gasteiger partial charge in [0.25, 0.3) is 5.56 Å². The van der Waals surface area contributed by atoms with Gasteiger partial charge < -0.3 is 14.8 Å². The number of carbonyl (C=O) groups is 1. The third-order valence-electron chi connectivity index (χ3n) is 5.31. The zero-order valence-corrected chi connectivity index (χ0v) is 17.5. The van der Waals surface area contributed by atoms with E-state index in [9.17, 15) is 9.59 Å². The molecule has 0 spiro atoms. The Morgan fingerprint density at radius 1 is 1.06 bits per heavy atom. The highest BCUT2D eigenvalue weighted by Gasteiger charge is 2.28. The molecule has 4 aromatic rings. The molecule has 0 saturated heterocycles. The van der Waals surface area contributed by atoms with E-state index in [0.29, 0.717) is 11.4 Å². The quantitative estimate of drug-likeness (QED) is 0.468. The average Bonchev–Trinajstić information content (AvgIpc) is 3.17. The number of benzene rings is 3. The lowest BCUT2D eigenvalue weighted by Gasteiger charge is -2.18. The average molecular weight is 428 g/mol. The van der Waals surface area contributed by atoms with Gasteiger partial charge in [-0.25, -0.2) is 14.5 Å². The van der Waals surface area contributed by atoms with E-state index in [4.69, 9.17) is 9.47 Å². The molecule has 2 heterocycles. The van der Waals surface area contributed by atoms with Gasteiger partial charge in [0.2, 0.25) is 0 Å². The summed E-state index contributed by atoms with van der Waals surface area (Å²) in [4.78, 5) is 30.9. The van der Waals surface area contributed by atoms with E-state index in [2.05, 4.69) is 15.4 Å². The molecule has 1 aliphatic heterocycles. The summed E-state index contributed by atoms with van der Waals surface area (Å²) in [5, 5.41) is 8.12. The summed E-state index contributed by atoms with van der Waals surface area (Å²) in [5.74, 6) is 0.309. The number of hydrogen-bond donors (Lipinski definition) is 2. The number of aromatic nitrogens is 2. The van der Waals surface area contributed by atoms with Crippen molar-refractivity contribution in [2.24, 2.45) is 4.99 Å². The lowest BCUT2D eigenvalue weighted by Crippen LogP contribution is -2.27. The molecule has 8 heteroatoms. The number of anilines is 1. The Bertz CT molecular complexity index is 1430. The molecule has 160 valence electrons. The third kappa shape index (κ3) is 3.13. The van der Waals surface area contributed by atoms with Crippen LogP contribution < -0.4 is 15.6 Å². The van der Waals surface area contributed by atoms with Gasteiger partial charge in [0, 0.05) is 11.1 Å². The van der Waals surface area contributed by atoms with Crippen molar-refractivity contribution in [1.29, 1.82) is 0 Å². The predicted octanol–water partition coefficient (Wildman–Crippen LogP) is 4.01. The van der Waals surface area contributed by atoms with Crippen molar-refractivity contribution in [3.05, 3.63) is 82.3 Å². The van der Waals surface area contributed by atoms with Crippen LogP contribution in [0.25, 0.3) is 16.5 Å². The SMILES string of the molecule is CCOC(=O)c1[nH]n(-c2ccc(OC)cc2)c(=O)c1C1=Nc2cccc3cccc(c23)N1. The van der Waals surface area contributed by atoms with Crippen LogP contribution in [0.3, 0.4) is 0 Å². The van der Waals surface area contributed by atoms with Gasteiger partial charge in [0.15, 0.2) is 5.69 Å². The number of aliphatic imine (C=N–C) groups is 1. The summed E-state index contributed by atoms with van der Waals surface area (Å²) in [5.41, 5.74) is 1.81. The number of H-pyrrole nitrogens is 1. The molecule has 0 fully saturated rings. The Balaban J connectivity index is 1.70. The molecule has 1 aliphatic rings. The molecule has 0 saturated carbocycles. The van der Waals surface area contributed by atoms with Gasteiger partial charge in [0.05, 0.1) is 25.1 Å². The highest BCUT2D eigenvalue weighted by Crippen LogP contribution is 2.36. The smallest absolute Gasteiger partial charge is 0.357 e. The number of aromatic amines is 1. The Labute approximate surface area is 183 Å². The molecule has 3 aromatic carbocycles. The number of rotatable bonds is 5. The van der Waals surface area contributed by atoms with Crippen molar-refractivity contribution < 1.29 is 14.3 Å². The fraction of sp³-hybridized carbons (Fsp3) is 0.125. The molecule has 1 aromatic heterocycles. The van der Waals surface area contributed by atoms with Crippen LogP contribution in [0, 0.1) is 0 Å². The van der Waals surface area contributed by atoms with Crippen molar-refractivity contribution in [3.63, 3.8) is 0 Å². The lowest BCUT2D eigenvalue weighted by atomic mass is 10.0. The van der Waals surface area contributed by atoms with Gasteiger partial charge in [-0.3, -0.25) is 9.89 Å². The zero-order valence-electron chi connectivity index (χ0n) is 17.5. The second kappa shape index (κ2) is 7.73. The van der Waals surface area contributed by atoms with Gasteiger partial charge >= 0.3 is 5.97 Å². The number of methoxy groups -OCH3 is 1. The lowest BCUT2D eigenvalue weighted by molar-refractivity contribution is 0.0518. The molecule has 0 atom stereocenters. The minimum atomic E-state index is -0.631. The van der Waals surface area contributed by atoms with Gasteiger partial charge in [-0.15, -0.1) is 0 Å². The Hall–Kier alpha value is -4.33. The summed E-state index contributed by atoms with van der Waals surface area (Å²) < 4.78 is 11.7. The maximum atomic E-state index is 13.5. The van der Waals surface area contributed by atoms with Crippen LogP contribution in [0.4, 0.5) is 11.4 Å². The molecule has 8 nitrogen and oxygen atoms in total. The van der Waals surface area contributed by atoms with Crippen LogP contribution in [0.2, 0.25) is 0 Å². The van der Waals surface area contributed by atoms with Crippen LogP contribution in [0.15, 0.2) is 70.5 Å². The molecule has 0 bridgehead atoms. The standard InChI is InChI=1S/C24H20N4O4/c1-3-32-24(30)21-20(23(29)28(27-21)15-10-12-16(31-2)13-11-15)22-25-17-8-4-6-14-7-5-9-18(26-22)19(14)17/h4-13,27H,3H2,1-2H3,(H,25,26). The predicted molar refractivity (Wildman–Crippen MR) is 123 cm³/mol. The zero-order chi connectivity index (χ0) is 22.2. The highest BCUT2D eigenvalue weighted by atomic mass is 16.5. The second-order valence-electron chi connectivity index (χ2n) is 7.19. The number of hydrogen-bond acceptors (Lipinski definition) is 6. The largest absolute Gasteiger partial charge is 0.497 e. The van der Waals surface area contributed by atoms with E-state index >= 15 is 0 Å². The van der Waals surface area contributed by atoms with Crippen molar-refractivity contribution >= 4 is 34.0 Å². The van der Waals surface area contributed by atoms with Crippen LogP contribution in [0.1, 0.15) is 23.0 Å². The molecule has 32 heavy (non-hydrogen) atoms. The normalized spacial score (nSPS) is 12.2. The number of esters is 1. The minimum absolute atomic E-state index is 0.0328. The fourth-order valence-electron chi connectivity index (χ4n) is 3.83. The van der Waals surface area contributed by atoms with Crippen LogP contribution in [-0.4, -0.2) is 35.3 Å². The van der Waals surface area contributed by atoms with Crippen molar-refractivity contribution in [2.75, 3.05) is 19.0 Å². The number of carbonyl (C=O) groups excluding carboxylic acids is 1. The summed E-state index contributed by atoms with van der Waals surface area (Å²) in [6.07, 6.45) is 0. The number of ether oxygens (including phenoxy) is 2. The van der Waals surface area contributed by atoms with Crippen molar-refractivity contribution in [1.82, 2.24) is 9.78 Å². The Kier molecular flexibility index (Phi) is 4.74. The number of nitrogens with zero attached hydrogens (tertiary/aromatic N) is 2. The van der Waals surface area contributed by atoms with Crippen LogP contribution in [0.5, 0.6) is 5.75 Å². The highest BCUT2D eigenvalue weighted by molar-refractivity contribution is 6.21. The maximum Gasteiger partial charge on any atom is 0.357 e. The molecular weight excluding hydrogens is 408 g/mol. The minimum Gasteiger partial charge on any atom is -0.497 e. The molecule has 0 aliphatic carbocycles. The summed E-state index contributed by atoms with van der Waals surface area (Å²) in [6, 6.07) is 18.6. The first-order valence-corrected chi connectivity index (χ1v) is 10.1. The molecular formula is C24H20N4O4. The van der Waals surface area contributed by atoms with Gasteiger partial charge in [-0.2, -0.15) is 0 Å².